The molecule has 0 bridgehead atoms. The number of benzene rings is 1. The molecule has 1 atom stereocenters. The molecule has 0 spiro atoms. The van der Waals surface area contributed by atoms with Crippen LogP contribution < -0.4 is 5.32 Å². The number of fused-ring (bicyclic) bond motifs is 1. The summed E-state index contributed by atoms with van der Waals surface area (Å²) in [6.07, 6.45) is 1.97. The van der Waals surface area contributed by atoms with Crippen LogP contribution in [0.1, 0.15) is 22.9 Å². The standard InChI is InChI=1S/C13H10Cl2N2O2S/c14-9-5-7(17(18)19)1-2-11(9)16-10-3-4-12-8(10)6-13(15)20-12/h1-2,5-6,10,16H,3-4H2. The number of nitrogens with one attached hydrogen (secondary N) is 1. The molecule has 1 aliphatic carbocycles. The Morgan fingerprint density at radius 3 is 2.85 bits per heavy atom. The molecule has 104 valence electrons. The fourth-order valence-corrected chi connectivity index (χ4v) is 3.99. The smallest absolute Gasteiger partial charge is 0.271 e. The molecule has 1 aromatic heterocycles. The van der Waals surface area contributed by atoms with Crippen LogP contribution in [0, 0.1) is 10.1 Å². The van der Waals surface area contributed by atoms with Crippen molar-refractivity contribution in [3.05, 3.63) is 54.2 Å². The molecule has 1 N–H and O–H groups in total. The van der Waals surface area contributed by atoms with Crippen LogP contribution in [0.25, 0.3) is 0 Å². The van der Waals surface area contributed by atoms with Gasteiger partial charge in [0.2, 0.25) is 0 Å². The Bertz CT molecular complexity index is 687. The molecule has 1 aliphatic rings. The zero-order valence-electron chi connectivity index (χ0n) is 10.2. The second kappa shape index (κ2) is 5.24. The van der Waals surface area contributed by atoms with Crippen molar-refractivity contribution in [1.29, 1.82) is 0 Å². The van der Waals surface area contributed by atoms with Crippen molar-refractivity contribution in [2.45, 2.75) is 18.9 Å². The monoisotopic (exact) mass is 328 g/mol. The van der Waals surface area contributed by atoms with E-state index in [1.165, 1.54) is 22.6 Å². The minimum Gasteiger partial charge on any atom is -0.377 e. The lowest BCUT2D eigenvalue weighted by Gasteiger charge is -2.15. The number of hydrogen-bond donors (Lipinski definition) is 1. The highest BCUT2D eigenvalue weighted by Crippen LogP contribution is 2.41. The summed E-state index contributed by atoms with van der Waals surface area (Å²) in [5.74, 6) is 0. The molecule has 0 saturated carbocycles. The Hall–Kier alpha value is -1.30. The molecule has 0 fully saturated rings. The van der Waals surface area contributed by atoms with Gasteiger partial charge in [0, 0.05) is 17.0 Å². The van der Waals surface area contributed by atoms with Crippen molar-refractivity contribution in [3.63, 3.8) is 0 Å². The molecule has 1 heterocycles. The van der Waals surface area contributed by atoms with Crippen LogP contribution in [0.3, 0.4) is 0 Å². The van der Waals surface area contributed by atoms with Gasteiger partial charge in [-0.25, -0.2) is 0 Å². The van der Waals surface area contributed by atoms with Gasteiger partial charge in [0.05, 0.1) is 26.0 Å². The third-order valence-electron chi connectivity index (χ3n) is 3.34. The number of rotatable bonds is 3. The summed E-state index contributed by atoms with van der Waals surface area (Å²) in [5.41, 5.74) is 1.90. The average molecular weight is 329 g/mol. The number of halogens is 2. The Morgan fingerprint density at radius 1 is 1.35 bits per heavy atom. The topological polar surface area (TPSA) is 55.2 Å². The Kier molecular flexibility index (Phi) is 3.58. The van der Waals surface area contributed by atoms with Crippen LogP contribution in [-0.2, 0) is 6.42 Å². The third kappa shape index (κ3) is 2.49. The molecule has 0 amide bonds. The maximum Gasteiger partial charge on any atom is 0.271 e. The van der Waals surface area contributed by atoms with E-state index >= 15 is 0 Å². The number of aryl methyl sites for hydroxylation is 1. The highest BCUT2D eigenvalue weighted by molar-refractivity contribution is 7.16. The summed E-state index contributed by atoms with van der Waals surface area (Å²) < 4.78 is 0.788. The van der Waals surface area contributed by atoms with E-state index in [-0.39, 0.29) is 11.7 Å². The fraction of sp³-hybridized carbons (Fsp3) is 0.231. The minimum absolute atomic E-state index is 0.00811. The van der Waals surface area contributed by atoms with Gasteiger partial charge in [0.1, 0.15) is 0 Å². The summed E-state index contributed by atoms with van der Waals surface area (Å²) in [4.78, 5) is 11.5. The van der Waals surface area contributed by atoms with Crippen LogP contribution in [0.15, 0.2) is 24.3 Å². The van der Waals surface area contributed by atoms with Gasteiger partial charge in [-0.1, -0.05) is 23.2 Å². The van der Waals surface area contributed by atoms with Crippen molar-refractivity contribution in [3.8, 4) is 0 Å². The fourth-order valence-electron chi connectivity index (χ4n) is 2.40. The minimum atomic E-state index is -0.456. The van der Waals surface area contributed by atoms with Crippen molar-refractivity contribution >= 4 is 45.9 Å². The van der Waals surface area contributed by atoms with Gasteiger partial charge in [-0.05, 0) is 30.5 Å². The summed E-state index contributed by atoms with van der Waals surface area (Å²) in [7, 11) is 0. The number of nitro groups is 1. The molecule has 2 aromatic rings. The lowest BCUT2D eigenvalue weighted by Crippen LogP contribution is -2.07. The molecule has 7 heteroatoms. The van der Waals surface area contributed by atoms with Crippen LogP contribution >= 0.6 is 34.5 Å². The van der Waals surface area contributed by atoms with E-state index in [0.717, 1.165) is 17.2 Å². The first-order chi connectivity index (χ1) is 9.54. The van der Waals surface area contributed by atoms with Gasteiger partial charge >= 0.3 is 0 Å². The maximum absolute atomic E-state index is 10.7. The second-order valence-corrected chi connectivity index (χ2v) is 6.76. The molecule has 3 rings (SSSR count). The summed E-state index contributed by atoms with van der Waals surface area (Å²) in [5, 5.41) is 14.4. The van der Waals surface area contributed by atoms with Crippen LogP contribution in [0.4, 0.5) is 11.4 Å². The average Bonchev–Trinajstić information content (AvgIpc) is 2.92. The van der Waals surface area contributed by atoms with Crippen molar-refractivity contribution in [2.75, 3.05) is 5.32 Å². The maximum atomic E-state index is 10.7. The first-order valence-corrected chi connectivity index (χ1v) is 7.60. The normalized spacial score (nSPS) is 17.0. The van der Waals surface area contributed by atoms with Gasteiger partial charge in [-0.3, -0.25) is 10.1 Å². The van der Waals surface area contributed by atoms with Crippen molar-refractivity contribution in [2.24, 2.45) is 0 Å². The van der Waals surface area contributed by atoms with Crippen LogP contribution in [0.2, 0.25) is 9.36 Å². The van der Waals surface area contributed by atoms with Gasteiger partial charge in [-0.2, -0.15) is 0 Å². The largest absolute Gasteiger partial charge is 0.377 e. The molecule has 1 aromatic carbocycles. The first-order valence-electron chi connectivity index (χ1n) is 6.03. The Balaban J connectivity index is 1.84. The Labute approximate surface area is 129 Å². The van der Waals surface area contributed by atoms with Crippen LogP contribution in [0.5, 0.6) is 0 Å². The van der Waals surface area contributed by atoms with E-state index in [9.17, 15) is 10.1 Å². The summed E-state index contributed by atoms with van der Waals surface area (Å²) >= 11 is 13.7. The number of nitrogens with zero attached hydrogens (tertiary/aromatic N) is 1. The highest BCUT2D eigenvalue weighted by Gasteiger charge is 2.25. The van der Waals surface area contributed by atoms with E-state index in [1.54, 1.807) is 17.4 Å². The first kappa shape index (κ1) is 13.7. The predicted molar refractivity (Wildman–Crippen MR) is 82.1 cm³/mol. The Morgan fingerprint density at radius 2 is 2.15 bits per heavy atom. The zero-order valence-corrected chi connectivity index (χ0v) is 12.6. The highest BCUT2D eigenvalue weighted by atomic mass is 35.5. The SMILES string of the molecule is O=[N+]([O-])c1ccc(NC2CCc3sc(Cl)cc32)c(Cl)c1. The van der Waals surface area contributed by atoms with E-state index < -0.39 is 4.92 Å². The van der Waals surface area contributed by atoms with Crippen molar-refractivity contribution in [1.82, 2.24) is 0 Å². The third-order valence-corrected chi connectivity index (χ3v) is 4.99. The van der Waals surface area contributed by atoms with Gasteiger partial charge in [-0.15, -0.1) is 11.3 Å². The van der Waals surface area contributed by atoms with E-state index in [4.69, 9.17) is 23.2 Å². The molecule has 1 unspecified atom stereocenters. The lowest BCUT2D eigenvalue weighted by atomic mass is 10.1. The second-order valence-electron chi connectivity index (χ2n) is 4.59. The van der Waals surface area contributed by atoms with Gasteiger partial charge in [0.25, 0.3) is 5.69 Å². The van der Waals surface area contributed by atoms with Crippen molar-refractivity contribution < 1.29 is 4.92 Å². The molecular formula is C13H10Cl2N2O2S. The van der Waals surface area contributed by atoms with E-state index in [1.807, 2.05) is 6.07 Å². The zero-order chi connectivity index (χ0) is 14.3. The van der Waals surface area contributed by atoms with Crippen LogP contribution in [-0.4, -0.2) is 4.92 Å². The summed E-state index contributed by atoms with van der Waals surface area (Å²) in [6, 6.07) is 6.59. The van der Waals surface area contributed by atoms with E-state index in [2.05, 4.69) is 5.32 Å². The van der Waals surface area contributed by atoms with Gasteiger partial charge < -0.3 is 5.32 Å². The number of thiophene rings is 1. The molecule has 4 nitrogen and oxygen atoms in total. The molecular weight excluding hydrogens is 319 g/mol. The molecule has 0 radical (unpaired) electrons. The van der Waals surface area contributed by atoms with Gasteiger partial charge in [0.15, 0.2) is 0 Å². The molecule has 20 heavy (non-hydrogen) atoms. The number of hydrogen-bond acceptors (Lipinski definition) is 4. The quantitative estimate of drug-likeness (QED) is 0.632. The summed E-state index contributed by atoms with van der Waals surface area (Å²) in [6.45, 7) is 0. The number of anilines is 1. The lowest BCUT2D eigenvalue weighted by molar-refractivity contribution is -0.384. The number of non-ortho nitro benzene ring substituents is 1. The van der Waals surface area contributed by atoms with E-state index in [0.29, 0.717) is 10.7 Å². The predicted octanol–water partition coefficient (Wildman–Crippen LogP) is 5.06. The molecule has 0 saturated heterocycles. The number of nitro benzene ring substituents is 1. The molecule has 0 aliphatic heterocycles.